The zero-order valence-electron chi connectivity index (χ0n) is 47.1. The van der Waals surface area contributed by atoms with Gasteiger partial charge >= 0.3 is 15.5 Å². The fourth-order valence-electron chi connectivity index (χ4n) is 7.37. The molecule has 0 aliphatic carbocycles. The number of nitrogens with zero attached hydrogens (tertiary/aromatic N) is 8. The van der Waals surface area contributed by atoms with Crippen LogP contribution in [0, 0.1) is 0 Å². The number of hydrogen-bond donors (Lipinski definition) is 6. The topological polar surface area (TPSA) is 346 Å². The average molecular weight is 1080 g/mol. The van der Waals surface area contributed by atoms with Crippen LogP contribution in [0.4, 0.5) is 20.7 Å². The number of fused-ring (bicyclic) bond motifs is 2. The minimum absolute atomic E-state index is 0.0221. The van der Waals surface area contributed by atoms with Crippen molar-refractivity contribution in [3.05, 3.63) is 73.3 Å². The molecule has 0 amide bonds. The Labute approximate surface area is 431 Å². The maximum atomic E-state index is 15.9. The van der Waals surface area contributed by atoms with E-state index < -0.39 is 115 Å². The third-order valence-electron chi connectivity index (χ3n) is 11.4. The lowest BCUT2D eigenvalue weighted by Gasteiger charge is -2.25. The van der Waals surface area contributed by atoms with E-state index in [4.69, 9.17) is 58.1 Å². The van der Waals surface area contributed by atoms with Crippen LogP contribution < -0.4 is 40.2 Å². The second-order valence-electron chi connectivity index (χ2n) is 16.9. The number of rotatable bonds is 20. The van der Waals surface area contributed by atoms with Gasteiger partial charge in [0, 0.05) is 4.11 Å². The molecule has 0 saturated carbocycles. The molecule has 6 heterocycles. The minimum Gasteiger partial charge on any atom is -0.479 e. The number of carbonyl (C=O) groups is 2. The van der Waals surface area contributed by atoms with Gasteiger partial charge in [0.1, 0.15) is 47.5 Å². The van der Waals surface area contributed by atoms with Crippen molar-refractivity contribution in [2.45, 2.75) is 102 Å². The van der Waals surface area contributed by atoms with Crippen LogP contribution >= 0.6 is 15.5 Å². The molecule has 74 heavy (non-hydrogen) atoms. The first-order valence-corrected chi connectivity index (χ1v) is 25.1. The highest BCUT2D eigenvalue weighted by Crippen LogP contribution is 2.50. The van der Waals surface area contributed by atoms with Crippen molar-refractivity contribution in [2.24, 2.45) is 0 Å². The Kier molecular flexibility index (Phi) is 13.9. The molecule has 2 aliphatic rings. The Morgan fingerprint density at radius 1 is 0.770 bits per heavy atom. The summed E-state index contributed by atoms with van der Waals surface area (Å²) in [4.78, 5) is 47.9. The number of benzene rings is 2. The van der Waals surface area contributed by atoms with Gasteiger partial charge in [-0.25, -0.2) is 38.1 Å². The Morgan fingerprint density at radius 3 is 1.59 bits per heavy atom. The van der Waals surface area contributed by atoms with Gasteiger partial charge in [-0.15, -0.1) is 0 Å². The van der Waals surface area contributed by atoms with Gasteiger partial charge in [0.2, 0.25) is 23.7 Å². The third-order valence-corrected chi connectivity index (χ3v) is 14.4. The summed E-state index contributed by atoms with van der Waals surface area (Å²) < 4.78 is 158. The predicted octanol–water partition coefficient (Wildman–Crippen LogP) is 4.35. The van der Waals surface area contributed by atoms with Crippen molar-refractivity contribution in [3.63, 3.8) is 0 Å². The number of methoxy groups -OCH3 is 2. The van der Waals surface area contributed by atoms with Gasteiger partial charge in [-0.2, -0.15) is 19.9 Å². The summed E-state index contributed by atoms with van der Waals surface area (Å²) in [6.07, 6.45) is -7.40. The molecule has 12 atom stereocenters. The van der Waals surface area contributed by atoms with Crippen LogP contribution in [0.15, 0.2) is 73.3 Å². The molecule has 0 radical (unpaired) electrons. The van der Waals surface area contributed by atoms with E-state index in [9.17, 15) is 28.9 Å². The van der Waals surface area contributed by atoms with Crippen LogP contribution in [0.2, 0.25) is 0 Å². The van der Waals surface area contributed by atoms with Crippen molar-refractivity contribution in [1.29, 1.82) is 0 Å². The Hall–Kier alpha value is -6.32. The summed E-state index contributed by atoms with van der Waals surface area (Å²) in [6.45, 7) is 0.951. The van der Waals surface area contributed by atoms with Crippen molar-refractivity contribution in [1.82, 2.24) is 49.2 Å². The molecule has 2 unspecified atom stereocenters. The Morgan fingerprint density at radius 2 is 1.20 bits per heavy atom. The summed E-state index contributed by atoms with van der Waals surface area (Å²) in [5.74, 6) is -2.43. The van der Waals surface area contributed by atoms with Crippen LogP contribution in [0.5, 0.6) is 23.3 Å². The van der Waals surface area contributed by atoms with E-state index in [1.165, 1.54) is 63.7 Å². The van der Waals surface area contributed by atoms with Crippen molar-refractivity contribution in [2.75, 3.05) is 38.8 Å². The standard InChI is InChI=1S/2C22H28FN6O7P/c2*1-12(13(2)30)28-37(32,36-14-8-6-5-7-9-14)34-10-15-17(31)22(3,23)20(35-15)29-11-25-16-18(29)26-21(24)27-19(16)33-4/h2*5-9,11-12,15,17,20,31H,10H2,1-4H3,(H,28,32)(H2,24,26,27)/t2*12-,15+,17+,20+,22+,37?/m00/s1/i1D3,12D;4D3. The lowest BCUT2D eigenvalue weighted by atomic mass is 9.98. The molecule has 4 aromatic heterocycles. The number of carbonyl (C=O) groups excluding carboxylic acids is 2. The number of nitrogens with one attached hydrogen (secondary N) is 2. The summed E-state index contributed by atoms with van der Waals surface area (Å²) in [6, 6.07) is 11.4. The van der Waals surface area contributed by atoms with Crippen molar-refractivity contribution >= 4 is 61.3 Å². The van der Waals surface area contributed by atoms with E-state index in [0.717, 1.165) is 36.2 Å². The number of anilines is 2. The number of ether oxygens (including phenoxy) is 4. The number of hydrogen-bond acceptors (Lipinski definition) is 22. The number of aliphatic hydroxyl groups is 2. The molecule has 2 saturated heterocycles. The monoisotopic (exact) mass is 1080 g/mol. The van der Waals surface area contributed by atoms with E-state index in [1.807, 2.05) is 5.09 Å². The van der Waals surface area contributed by atoms with Crippen LogP contribution in [0.25, 0.3) is 22.3 Å². The van der Waals surface area contributed by atoms with Gasteiger partial charge in [-0.05, 0) is 65.7 Å². The van der Waals surface area contributed by atoms with Gasteiger partial charge in [0.15, 0.2) is 46.1 Å². The zero-order valence-corrected chi connectivity index (χ0v) is 41.8. The number of aliphatic hydroxyl groups excluding tert-OH is 2. The number of nitrogens with two attached hydrogens (primary N) is 2. The Bertz CT molecular complexity index is 3340. The fraction of sp³-hybridized carbons (Fsp3) is 0.455. The van der Waals surface area contributed by atoms with Crippen LogP contribution in [-0.2, 0) is 37.2 Å². The maximum absolute atomic E-state index is 15.9. The molecular weight excluding hydrogens is 1020 g/mol. The highest BCUT2D eigenvalue weighted by molar-refractivity contribution is 7.52. The first kappa shape index (κ1) is 46.2. The quantitative estimate of drug-likeness (QED) is 0.0579. The molecular formula is C44H56F2N12O14P2. The number of aromatic nitrogens is 8. The van der Waals surface area contributed by atoms with E-state index in [1.54, 1.807) is 24.3 Å². The first-order chi connectivity index (χ1) is 37.6. The van der Waals surface area contributed by atoms with E-state index in [2.05, 4.69) is 35.0 Å². The SMILES string of the molecule is [2H]C([2H])([2H])Oc1nc(N)nc2c1ncn2[C@@H]1O[C@H](COP(=O)(N[C@@H](C)C(C)=O)Oc2ccccc2)[C@@H](O)[C@@]1(C)F.[2H]C([2H])([2H])[C@]([2H])(NP(=O)(OC[C@H]1O[C@@H](n2cnc3c(OC)nc(N)nc32)[C@](C)(F)[C@@H]1O)Oc1ccccc1)C(C)=O. The number of alkyl halides is 2. The van der Waals surface area contributed by atoms with Gasteiger partial charge < -0.3 is 49.7 Å². The van der Waals surface area contributed by atoms with Gasteiger partial charge in [0.25, 0.3) is 0 Å². The molecule has 2 aromatic carbocycles. The molecule has 2 aliphatic heterocycles. The largest absolute Gasteiger partial charge is 0.479 e. The highest BCUT2D eigenvalue weighted by Gasteiger charge is 2.57. The lowest BCUT2D eigenvalue weighted by molar-refractivity contribution is -0.119. The number of Topliss-reactive ketones (excluding diaryl/α,β-unsaturated/α-hetero) is 2. The number of ketones is 2. The number of imidazole rings is 2. The third kappa shape index (κ3) is 11.9. The summed E-state index contributed by atoms with van der Waals surface area (Å²) >= 11 is 0. The van der Waals surface area contributed by atoms with Crippen molar-refractivity contribution < 1.29 is 84.4 Å². The van der Waals surface area contributed by atoms with Crippen LogP contribution in [0.1, 0.15) is 63.5 Å². The molecule has 0 bridgehead atoms. The second kappa shape index (κ2) is 22.3. The Balaban J connectivity index is 0.000000234. The molecule has 26 nitrogen and oxygen atoms in total. The lowest BCUT2D eigenvalue weighted by Crippen LogP contribution is -2.41. The van der Waals surface area contributed by atoms with Gasteiger partial charge in [-0.1, -0.05) is 36.4 Å². The second-order valence-corrected chi connectivity index (χ2v) is 20.2. The van der Waals surface area contributed by atoms with E-state index in [0.29, 0.717) is 0 Å². The summed E-state index contributed by atoms with van der Waals surface area (Å²) in [5.41, 5.74) is 6.38. The molecule has 6 aromatic rings. The fourth-order valence-corrected chi connectivity index (χ4v) is 10.3. The predicted molar refractivity (Wildman–Crippen MR) is 259 cm³/mol. The molecule has 8 N–H and O–H groups in total. The zero-order chi connectivity index (χ0) is 59.8. The molecule has 8 rings (SSSR count). The smallest absolute Gasteiger partial charge is 0.459 e. The van der Waals surface area contributed by atoms with Gasteiger partial charge in [-0.3, -0.25) is 27.8 Å². The van der Waals surface area contributed by atoms with Crippen LogP contribution in [0.3, 0.4) is 0 Å². The van der Waals surface area contributed by atoms with Crippen molar-refractivity contribution in [3.8, 4) is 23.3 Å². The average Bonchev–Trinajstić information content (AvgIpc) is 4.32. The number of halogens is 2. The number of nitrogen functional groups attached to an aromatic ring is 2. The summed E-state index contributed by atoms with van der Waals surface area (Å²) in [5, 5.41) is 26.1. The highest BCUT2D eigenvalue weighted by atomic mass is 31.2. The van der Waals surface area contributed by atoms with E-state index in [-0.39, 0.29) is 57.4 Å². The summed E-state index contributed by atoms with van der Waals surface area (Å²) in [7, 11) is -10.7. The van der Waals surface area contributed by atoms with E-state index >= 15 is 8.78 Å². The normalized spacial score (nSPS) is 28.2. The molecule has 400 valence electrons. The molecule has 2 fully saturated rings. The maximum Gasteiger partial charge on any atom is 0.459 e. The molecule has 30 heteroatoms. The number of para-hydroxylation sites is 2. The minimum atomic E-state index is -4.87. The van der Waals surface area contributed by atoms with Crippen LogP contribution in [-0.4, -0.2) is 136 Å². The van der Waals surface area contributed by atoms with Gasteiger partial charge in [0.05, 0.1) is 57.6 Å². The molecule has 0 spiro atoms. The first-order valence-electron chi connectivity index (χ1n) is 25.5.